The molecule has 0 spiro atoms. The topological polar surface area (TPSA) is 111 Å². The minimum absolute atomic E-state index is 0.0147. The van der Waals surface area contributed by atoms with Crippen molar-refractivity contribution in [3.05, 3.63) is 66.1 Å². The number of likely N-dealkylation sites (tertiary alicyclic amines) is 1. The van der Waals surface area contributed by atoms with Crippen LogP contribution in [0.1, 0.15) is 47.6 Å². The largest absolute Gasteiger partial charge is 0.464 e. The van der Waals surface area contributed by atoms with Crippen LogP contribution in [0.4, 0.5) is 4.79 Å². The van der Waals surface area contributed by atoms with Crippen molar-refractivity contribution in [1.82, 2.24) is 15.4 Å². The van der Waals surface area contributed by atoms with Crippen LogP contribution in [0.25, 0.3) is 0 Å². The summed E-state index contributed by atoms with van der Waals surface area (Å²) in [5.74, 6) is -0.280. The Morgan fingerprint density at radius 3 is 2.81 bits per heavy atom. The van der Waals surface area contributed by atoms with Crippen molar-refractivity contribution in [3.63, 3.8) is 0 Å². The van der Waals surface area contributed by atoms with Gasteiger partial charge in [-0.2, -0.15) is 0 Å². The highest BCUT2D eigenvalue weighted by molar-refractivity contribution is 5.94. The lowest BCUT2D eigenvalue weighted by Crippen LogP contribution is -2.43. The van der Waals surface area contributed by atoms with Gasteiger partial charge in [0.25, 0.3) is 5.91 Å². The normalized spacial score (nSPS) is 16.3. The number of esters is 1. The molecule has 2 amide bonds. The zero-order chi connectivity index (χ0) is 22.9. The van der Waals surface area contributed by atoms with Crippen LogP contribution in [0.3, 0.4) is 0 Å². The average Bonchev–Trinajstić information content (AvgIpc) is 3.47. The fraction of sp³-hybridized carbons (Fsp3) is 0.391. The molecule has 3 rings (SSSR count). The lowest BCUT2D eigenvalue weighted by atomic mass is 10.1. The second-order valence-corrected chi connectivity index (χ2v) is 7.28. The van der Waals surface area contributed by atoms with Gasteiger partial charge in [0.1, 0.15) is 24.1 Å². The van der Waals surface area contributed by atoms with Gasteiger partial charge in [0, 0.05) is 24.6 Å². The number of amides is 2. The number of nitrogens with zero attached hydrogens (tertiary/aromatic N) is 2. The smallest absolute Gasteiger partial charge is 0.408 e. The first-order valence-electron chi connectivity index (χ1n) is 10.6. The molecular weight excluding hydrogens is 414 g/mol. The van der Waals surface area contributed by atoms with Crippen LogP contribution in [0.5, 0.6) is 0 Å². The molecule has 1 aliphatic heterocycles. The summed E-state index contributed by atoms with van der Waals surface area (Å²) in [4.78, 5) is 38.9. The number of hydrogen-bond donors (Lipinski definition) is 1. The van der Waals surface area contributed by atoms with Crippen molar-refractivity contribution in [3.8, 4) is 0 Å². The summed E-state index contributed by atoms with van der Waals surface area (Å²) in [6, 6.07) is 9.59. The molecule has 0 radical (unpaired) electrons. The van der Waals surface area contributed by atoms with E-state index in [1.807, 2.05) is 18.2 Å². The molecule has 9 heteroatoms. The van der Waals surface area contributed by atoms with E-state index in [1.54, 1.807) is 30.0 Å². The molecule has 2 unspecified atom stereocenters. The Kier molecular flexibility index (Phi) is 8.02. The van der Waals surface area contributed by atoms with Crippen molar-refractivity contribution in [2.75, 3.05) is 19.8 Å². The van der Waals surface area contributed by atoms with E-state index in [0.29, 0.717) is 23.6 Å². The van der Waals surface area contributed by atoms with E-state index in [2.05, 4.69) is 17.1 Å². The van der Waals surface area contributed by atoms with Crippen molar-refractivity contribution in [1.29, 1.82) is 0 Å². The highest BCUT2D eigenvalue weighted by Gasteiger charge is 2.33. The Hall–Kier alpha value is -3.62. The van der Waals surface area contributed by atoms with Crippen LogP contribution in [-0.2, 0) is 20.7 Å². The lowest BCUT2D eigenvalue weighted by molar-refractivity contribution is -0.145. The third kappa shape index (κ3) is 5.75. The Labute approximate surface area is 186 Å². The molecule has 32 heavy (non-hydrogen) atoms. The predicted octanol–water partition coefficient (Wildman–Crippen LogP) is 3.04. The van der Waals surface area contributed by atoms with E-state index in [1.165, 1.54) is 6.08 Å². The minimum Gasteiger partial charge on any atom is -0.464 e. The fourth-order valence-corrected chi connectivity index (χ4v) is 3.60. The summed E-state index contributed by atoms with van der Waals surface area (Å²) < 4.78 is 15.4. The summed E-state index contributed by atoms with van der Waals surface area (Å²) in [6.45, 7) is 5.96. The van der Waals surface area contributed by atoms with Gasteiger partial charge in [-0.05, 0) is 31.9 Å². The number of carbonyl (C=O) groups is 3. The van der Waals surface area contributed by atoms with Gasteiger partial charge < -0.3 is 24.2 Å². The molecule has 2 aromatic rings. The van der Waals surface area contributed by atoms with Gasteiger partial charge in [0.05, 0.1) is 12.6 Å². The van der Waals surface area contributed by atoms with E-state index in [9.17, 15) is 14.4 Å². The fourth-order valence-electron chi connectivity index (χ4n) is 3.60. The molecular formula is C23H27N3O6. The van der Waals surface area contributed by atoms with E-state index in [0.717, 1.165) is 12.8 Å². The van der Waals surface area contributed by atoms with E-state index in [4.69, 9.17) is 14.0 Å². The Bertz CT molecular complexity index is 942. The zero-order valence-corrected chi connectivity index (χ0v) is 18.0. The first kappa shape index (κ1) is 23.1. The van der Waals surface area contributed by atoms with Crippen molar-refractivity contribution >= 4 is 18.0 Å². The third-order valence-corrected chi connectivity index (χ3v) is 5.05. The monoisotopic (exact) mass is 441 g/mol. The zero-order valence-electron chi connectivity index (χ0n) is 18.0. The van der Waals surface area contributed by atoms with Crippen molar-refractivity contribution in [2.45, 2.75) is 38.3 Å². The van der Waals surface area contributed by atoms with Gasteiger partial charge >= 0.3 is 12.1 Å². The van der Waals surface area contributed by atoms with Crippen LogP contribution in [-0.4, -0.2) is 53.8 Å². The molecule has 1 aromatic heterocycles. The highest BCUT2D eigenvalue weighted by Crippen LogP contribution is 2.33. The van der Waals surface area contributed by atoms with Crippen LogP contribution in [0.15, 0.2) is 53.6 Å². The molecule has 2 atom stereocenters. The summed E-state index contributed by atoms with van der Waals surface area (Å²) >= 11 is 0. The molecule has 1 saturated heterocycles. The number of nitrogens with one attached hydrogen (secondary N) is 1. The van der Waals surface area contributed by atoms with Gasteiger partial charge in [-0.3, -0.25) is 4.79 Å². The molecule has 0 saturated carbocycles. The average molecular weight is 441 g/mol. The van der Waals surface area contributed by atoms with Crippen LogP contribution >= 0.6 is 0 Å². The number of aromatic nitrogens is 1. The SMILES string of the molecule is C=CCOC(=O)NC(Cc1cc(C2CCCN2C(=O)c2ccccc2)no1)C(=O)OCC. The van der Waals surface area contributed by atoms with Crippen LogP contribution in [0, 0.1) is 0 Å². The number of carbonyl (C=O) groups excluding carboxylic acids is 3. The van der Waals surface area contributed by atoms with Crippen LogP contribution < -0.4 is 5.32 Å². The molecule has 170 valence electrons. The summed E-state index contributed by atoms with van der Waals surface area (Å²) in [5, 5.41) is 6.61. The summed E-state index contributed by atoms with van der Waals surface area (Å²) in [6.07, 6.45) is 2.31. The number of ether oxygens (including phenoxy) is 2. The maximum atomic E-state index is 12.9. The van der Waals surface area contributed by atoms with Gasteiger partial charge in [0.2, 0.25) is 0 Å². The number of alkyl carbamates (subject to hydrolysis) is 1. The lowest BCUT2D eigenvalue weighted by Gasteiger charge is -2.23. The molecule has 1 aliphatic rings. The van der Waals surface area contributed by atoms with Crippen molar-refractivity contribution in [2.24, 2.45) is 0 Å². The van der Waals surface area contributed by atoms with Crippen LogP contribution in [0.2, 0.25) is 0 Å². The third-order valence-electron chi connectivity index (χ3n) is 5.05. The van der Waals surface area contributed by atoms with E-state index in [-0.39, 0.29) is 31.6 Å². The van der Waals surface area contributed by atoms with Gasteiger partial charge in [-0.15, -0.1) is 0 Å². The second kappa shape index (κ2) is 11.1. The molecule has 9 nitrogen and oxygen atoms in total. The first-order chi connectivity index (χ1) is 15.5. The van der Waals surface area contributed by atoms with E-state index >= 15 is 0 Å². The number of rotatable bonds is 9. The van der Waals surface area contributed by atoms with Gasteiger partial charge in [-0.25, -0.2) is 9.59 Å². The molecule has 1 aromatic carbocycles. The molecule has 0 bridgehead atoms. The molecule has 2 heterocycles. The Morgan fingerprint density at radius 2 is 2.09 bits per heavy atom. The van der Waals surface area contributed by atoms with E-state index < -0.39 is 18.1 Å². The van der Waals surface area contributed by atoms with Gasteiger partial charge in [-0.1, -0.05) is 36.0 Å². The predicted molar refractivity (Wildman–Crippen MR) is 115 cm³/mol. The first-order valence-corrected chi connectivity index (χ1v) is 10.6. The number of benzene rings is 1. The number of hydrogen-bond acceptors (Lipinski definition) is 7. The Balaban J connectivity index is 1.70. The van der Waals surface area contributed by atoms with Crippen molar-refractivity contribution < 1.29 is 28.4 Å². The quantitative estimate of drug-likeness (QED) is 0.470. The second-order valence-electron chi connectivity index (χ2n) is 7.28. The Morgan fingerprint density at radius 1 is 1.31 bits per heavy atom. The maximum absolute atomic E-state index is 12.9. The van der Waals surface area contributed by atoms with Gasteiger partial charge in [0.15, 0.2) is 0 Å². The highest BCUT2D eigenvalue weighted by atomic mass is 16.6. The maximum Gasteiger partial charge on any atom is 0.408 e. The molecule has 0 aliphatic carbocycles. The summed E-state index contributed by atoms with van der Waals surface area (Å²) in [5.41, 5.74) is 1.23. The minimum atomic E-state index is -1.00. The standard InChI is InChI=1S/C23H27N3O6/c1-3-13-31-23(29)24-19(22(28)30-4-2)15-17-14-18(25-32-17)20-11-8-12-26(20)21(27)16-9-6-5-7-10-16/h3,5-7,9-10,14,19-20H,1,4,8,11-13,15H2,2H3,(H,24,29). The molecule has 1 fully saturated rings. The molecule has 1 N–H and O–H groups in total. The summed E-state index contributed by atoms with van der Waals surface area (Å²) in [7, 11) is 0.